The van der Waals surface area contributed by atoms with Crippen molar-refractivity contribution < 1.29 is 23.1 Å². The summed E-state index contributed by atoms with van der Waals surface area (Å²) < 4.78 is 23.9. The van der Waals surface area contributed by atoms with Crippen molar-refractivity contribution in [3.8, 4) is 0 Å². The number of rotatable bonds is 7. The van der Waals surface area contributed by atoms with E-state index in [1.54, 1.807) is 20.8 Å². The zero-order valence-electron chi connectivity index (χ0n) is 12.3. The van der Waals surface area contributed by atoms with E-state index in [2.05, 4.69) is 10.0 Å². The molecule has 0 atom stereocenters. The SMILES string of the molecule is CC(C)(C)N(CCC(=O)O)C(=O)NCCNS(C)(=O)=O. The summed E-state index contributed by atoms with van der Waals surface area (Å²) in [6.07, 6.45) is 0.884. The van der Waals surface area contributed by atoms with Crippen LogP contribution in [0.4, 0.5) is 4.79 Å². The van der Waals surface area contributed by atoms with Crippen LogP contribution in [0.2, 0.25) is 0 Å². The Morgan fingerprint density at radius 3 is 2.15 bits per heavy atom. The average molecular weight is 309 g/mol. The summed E-state index contributed by atoms with van der Waals surface area (Å²) in [5.74, 6) is -0.981. The molecule has 20 heavy (non-hydrogen) atoms. The maximum Gasteiger partial charge on any atom is 0.317 e. The van der Waals surface area contributed by atoms with E-state index in [1.807, 2.05) is 0 Å². The number of amides is 2. The van der Waals surface area contributed by atoms with Gasteiger partial charge in [-0.15, -0.1) is 0 Å². The number of nitrogens with one attached hydrogen (secondary N) is 2. The highest BCUT2D eigenvalue weighted by molar-refractivity contribution is 7.88. The quantitative estimate of drug-likeness (QED) is 0.564. The zero-order chi connectivity index (χ0) is 16.0. The molecular formula is C11H23N3O5S. The van der Waals surface area contributed by atoms with E-state index in [9.17, 15) is 18.0 Å². The fourth-order valence-corrected chi connectivity index (χ4v) is 1.92. The molecule has 0 saturated heterocycles. The van der Waals surface area contributed by atoms with Crippen molar-refractivity contribution in [2.24, 2.45) is 0 Å². The Kier molecular flexibility index (Phi) is 6.94. The normalized spacial score (nSPS) is 12.0. The van der Waals surface area contributed by atoms with E-state index in [4.69, 9.17) is 5.11 Å². The topological polar surface area (TPSA) is 116 Å². The summed E-state index contributed by atoms with van der Waals surface area (Å²) in [5.41, 5.74) is -0.524. The second kappa shape index (κ2) is 7.44. The minimum absolute atomic E-state index is 0.0848. The molecule has 0 aliphatic heterocycles. The maximum atomic E-state index is 12.0. The van der Waals surface area contributed by atoms with Gasteiger partial charge in [0, 0.05) is 25.2 Å². The van der Waals surface area contributed by atoms with Gasteiger partial charge in [0.15, 0.2) is 0 Å². The Balaban J connectivity index is 4.38. The van der Waals surface area contributed by atoms with Crippen molar-refractivity contribution in [1.29, 1.82) is 0 Å². The highest BCUT2D eigenvalue weighted by atomic mass is 32.2. The summed E-state index contributed by atoms with van der Waals surface area (Å²) in [4.78, 5) is 24.0. The molecule has 0 fully saturated rings. The molecule has 118 valence electrons. The van der Waals surface area contributed by atoms with Gasteiger partial charge in [-0.25, -0.2) is 17.9 Å². The molecule has 0 bridgehead atoms. The summed E-state index contributed by atoms with van der Waals surface area (Å²) in [6.45, 7) is 5.69. The number of sulfonamides is 1. The summed E-state index contributed by atoms with van der Waals surface area (Å²) >= 11 is 0. The molecular weight excluding hydrogens is 286 g/mol. The predicted molar refractivity (Wildman–Crippen MR) is 75.0 cm³/mol. The number of hydrogen-bond acceptors (Lipinski definition) is 4. The smallest absolute Gasteiger partial charge is 0.317 e. The molecule has 0 aliphatic rings. The number of carboxylic acid groups (broad SMARTS) is 1. The molecule has 0 heterocycles. The Morgan fingerprint density at radius 1 is 1.20 bits per heavy atom. The Bertz CT molecular complexity index is 441. The predicted octanol–water partition coefficient (Wildman–Crippen LogP) is -0.180. The number of carboxylic acids is 1. The van der Waals surface area contributed by atoms with Crippen molar-refractivity contribution in [2.75, 3.05) is 25.9 Å². The van der Waals surface area contributed by atoms with E-state index in [0.717, 1.165) is 6.26 Å². The molecule has 0 aromatic rings. The molecule has 8 nitrogen and oxygen atoms in total. The molecule has 3 N–H and O–H groups in total. The number of carbonyl (C=O) groups excluding carboxylic acids is 1. The van der Waals surface area contributed by atoms with Gasteiger partial charge in [-0.05, 0) is 20.8 Å². The monoisotopic (exact) mass is 309 g/mol. The number of urea groups is 1. The number of aliphatic carboxylic acids is 1. The first-order valence-electron chi connectivity index (χ1n) is 6.15. The van der Waals surface area contributed by atoms with Crippen LogP contribution in [0.25, 0.3) is 0 Å². The lowest BCUT2D eigenvalue weighted by Gasteiger charge is -2.35. The molecule has 0 saturated carbocycles. The van der Waals surface area contributed by atoms with E-state index in [0.29, 0.717) is 0 Å². The van der Waals surface area contributed by atoms with Gasteiger partial charge in [0.1, 0.15) is 0 Å². The molecule has 0 unspecified atom stereocenters. The van der Waals surface area contributed by atoms with Crippen molar-refractivity contribution in [2.45, 2.75) is 32.7 Å². The first-order chi connectivity index (χ1) is 8.93. The first kappa shape index (κ1) is 18.7. The van der Waals surface area contributed by atoms with Crippen LogP contribution in [0.5, 0.6) is 0 Å². The average Bonchev–Trinajstić information content (AvgIpc) is 2.20. The van der Waals surface area contributed by atoms with Crippen LogP contribution in [-0.2, 0) is 14.8 Å². The lowest BCUT2D eigenvalue weighted by Crippen LogP contribution is -2.52. The van der Waals surface area contributed by atoms with Gasteiger partial charge >= 0.3 is 12.0 Å². The Labute approximate surface area is 119 Å². The van der Waals surface area contributed by atoms with Gasteiger partial charge < -0.3 is 15.3 Å². The first-order valence-corrected chi connectivity index (χ1v) is 8.04. The maximum absolute atomic E-state index is 12.0. The third kappa shape index (κ3) is 8.70. The summed E-state index contributed by atoms with van der Waals surface area (Å²) in [7, 11) is -3.28. The summed E-state index contributed by atoms with van der Waals surface area (Å²) in [6, 6.07) is -0.422. The molecule has 0 rings (SSSR count). The molecule has 0 radical (unpaired) electrons. The van der Waals surface area contributed by atoms with Crippen LogP contribution in [0, 0.1) is 0 Å². The van der Waals surface area contributed by atoms with Gasteiger partial charge in [-0.3, -0.25) is 4.79 Å². The van der Waals surface area contributed by atoms with Crippen LogP contribution in [0.15, 0.2) is 0 Å². The highest BCUT2D eigenvalue weighted by Gasteiger charge is 2.26. The third-order valence-electron chi connectivity index (χ3n) is 2.37. The van der Waals surface area contributed by atoms with E-state index >= 15 is 0 Å². The molecule has 9 heteroatoms. The number of hydrogen-bond donors (Lipinski definition) is 3. The van der Waals surface area contributed by atoms with E-state index in [-0.39, 0.29) is 26.1 Å². The van der Waals surface area contributed by atoms with Crippen molar-refractivity contribution >= 4 is 22.0 Å². The highest BCUT2D eigenvalue weighted by Crippen LogP contribution is 2.13. The zero-order valence-corrected chi connectivity index (χ0v) is 13.1. The van der Waals surface area contributed by atoms with Crippen molar-refractivity contribution in [3.05, 3.63) is 0 Å². The fraction of sp³-hybridized carbons (Fsp3) is 0.818. The molecule has 0 aliphatic carbocycles. The van der Waals surface area contributed by atoms with Gasteiger partial charge in [-0.2, -0.15) is 0 Å². The van der Waals surface area contributed by atoms with Gasteiger partial charge in [-0.1, -0.05) is 0 Å². The lowest BCUT2D eigenvalue weighted by atomic mass is 10.1. The van der Waals surface area contributed by atoms with Crippen LogP contribution < -0.4 is 10.0 Å². The minimum Gasteiger partial charge on any atom is -0.481 e. The molecule has 0 spiro atoms. The van der Waals surface area contributed by atoms with Gasteiger partial charge in [0.25, 0.3) is 0 Å². The van der Waals surface area contributed by atoms with Crippen LogP contribution >= 0.6 is 0 Å². The van der Waals surface area contributed by atoms with Gasteiger partial charge in [0.05, 0.1) is 12.7 Å². The van der Waals surface area contributed by atoms with Crippen LogP contribution in [0.1, 0.15) is 27.2 Å². The molecule has 0 aromatic heterocycles. The van der Waals surface area contributed by atoms with E-state index in [1.165, 1.54) is 4.90 Å². The third-order valence-corrected chi connectivity index (χ3v) is 3.10. The van der Waals surface area contributed by atoms with Crippen molar-refractivity contribution in [3.63, 3.8) is 0 Å². The number of carbonyl (C=O) groups is 2. The fourth-order valence-electron chi connectivity index (χ4n) is 1.45. The second-order valence-electron chi connectivity index (χ2n) is 5.36. The number of nitrogens with zero attached hydrogens (tertiary/aromatic N) is 1. The standard InChI is InChI=1S/C11H23N3O5S/c1-11(2,3)14(8-5-9(15)16)10(17)12-6-7-13-20(4,18)19/h13H,5-8H2,1-4H3,(H,12,17)(H,15,16). The van der Waals surface area contributed by atoms with Crippen LogP contribution in [-0.4, -0.2) is 61.9 Å². The van der Waals surface area contributed by atoms with Crippen molar-refractivity contribution in [1.82, 2.24) is 14.9 Å². The molecule has 0 aromatic carbocycles. The largest absolute Gasteiger partial charge is 0.481 e. The van der Waals surface area contributed by atoms with Gasteiger partial charge in [0.2, 0.25) is 10.0 Å². The lowest BCUT2D eigenvalue weighted by molar-refractivity contribution is -0.137. The minimum atomic E-state index is -3.28. The Morgan fingerprint density at radius 2 is 1.75 bits per heavy atom. The second-order valence-corrected chi connectivity index (χ2v) is 7.20. The van der Waals surface area contributed by atoms with E-state index < -0.39 is 27.6 Å². The summed E-state index contributed by atoms with van der Waals surface area (Å²) in [5, 5.41) is 11.2. The molecule has 2 amide bonds. The Hall–Kier alpha value is -1.35. The van der Waals surface area contributed by atoms with Crippen LogP contribution in [0.3, 0.4) is 0 Å².